The van der Waals surface area contributed by atoms with Gasteiger partial charge in [0.15, 0.2) is 0 Å². The van der Waals surface area contributed by atoms with E-state index in [0.717, 1.165) is 0 Å². The Labute approximate surface area is 83.1 Å². The van der Waals surface area contributed by atoms with Crippen LogP contribution in [0.3, 0.4) is 0 Å². The number of hydrogen-bond acceptors (Lipinski definition) is 2. The Morgan fingerprint density at radius 2 is 2.29 bits per heavy atom. The van der Waals surface area contributed by atoms with E-state index in [1.165, 1.54) is 19.2 Å². The van der Waals surface area contributed by atoms with E-state index in [-0.39, 0.29) is 5.82 Å². The molecule has 0 unspecified atom stereocenters. The molecule has 1 N–H and O–H groups in total. The normalized spacial score (nSPS) is 9.07. The molecule has 14 heavy (non-hydrogen) atoms. The lowest BCUT2D eigenvalue weighted by Crippen LogP contribution is -2.04. The second-order valence-electron chi connectivity index (χ2n) is 2.68. The Morgan fingerprint density at radius 1 is 1.50 bits per heavy atom. The highest BCUT2D eigenvalue weighted by Crippen LogP contribution is 2.17. The van der Waals surface area contributed by atoms with Crippen molar-refractivity contribution in [3.63, 3.8) is 0 Å². The third-order valence-electron chi connectivity index (χ3n) is 1.65. The molecule has 1 aromatic rings. The number of rotatable bonds is 2. The molecule has 0 aromatic heterocycles. The molecule has 74 valence electrons. The van der Waals surface area contributed by atoms with E-state index in [1.54, 1.807) is 6.07 Å². The van der Waals surface area contributed by atoms with Crippen LogP contribution < -0.4 is 10.1 Å². The first kappa shape index (κ1) is 10.6. The van der Waals surface area contributed by atoms with Gasteiger partial charge in [-0.15, -0.1) is 0 Å². The van der Waals surface area contributed by atoms with E-state index in [4.69, 9.17) is 4.74 Å². The molecule has 0 aliphatic rings. The number of benzene rings is 1. The molecular formula is C11H12FNO. The first-order valence-electron chi connectivity index (χ1n) is 4.25. The van der Waals surface area contributed by atoms with E-state index in [9.17, 15) is 4.39 Å². The summed E-state index contributed by atoms with van der Waals surface area (Å²) in [5, 5.41) is 2.90. The van der Waals surface area contributed by atoms with Crippen LogP contribution in [0.4, 0.5) is 4.39 Å². The molecule has 3 heteroatoms. The largest absolute Gasteiger partial charge is 0.495 e. The zero-order valence-electron chi connectivity index (χ0n) is 8.23. The van der Waals surface area contributed by atoms with Crippen molar-refractivity contribution in [2.75, 3.05) is 20.7 Å². The maximum absolute atomic E-state index is 12.8. The smallest absolute Gasteiger partial charge is 0.137 e. The lowest BCUT2D eigenvalue weighted by molar-refractivity contribution is 0.410. The van der Waals surface area contributed by atoms with Gasteiger partial charge >= 0.3 is 0 Å². The first-order chi connectivity index (χ1) is 6.77. The van der Waals surface area contributed by atoms with Gasteiger partial charge in [-0.1, -0.05) is 11.8 Å². The summed E-state index contributed by atoms with van der Waals surface area (Å²) in [6.07, 6.45) is 0. The fourth-order valence-corrected chi connectivity index (χ4v) is 0.996. The van der Waals surface area contributed by atoms with Crippen LogP contribution in [0.2, 0.25) is 0 Å². The standard InChI is InChI=1S/C11H12FNO/c1-13-7-3-4-9-5-6-10(12)8-11(9)14-2/h5-6,8,13H,7H2,1-2H3. The van der Waals surface area contributed by atoms with Gasteiger partial charge in [-0.25, -0.2) is 4.39 Å². The maximum atomic E-state index is 12.8. The molecule has 2 nitrogen and oxygen atoms in total. The van der Waals surface area contributed by atoms with E-state index in [0.29, 0.717) is 17.9 Å². The highest BCUT2D eigenvalue weighted by atomic mass is 19.1. The lowest BCUT2D eigenvalue weighted by atomic mass is 10.2. The summed E-state index contributed by atoms with van der Waals surface area (Å²) in [5.41, 5.74) is 0.698. The molecule has 0 fully saturated rings. The molecule has 0 aliphatic carbocycles. The second-order valence-corrected chi connectivity index (χ2v) is 2.68. The van der Waals surface area contributed by atoms with Gasteiger partial charge in [-0.3, -0.25) is 0 Å². The molecule has 0 spiro atoms. The maximum Gasteiger partial charge on any atom is 0.137 e. The first-order valence-corrected chi connectivity index (χ1v) is 4.25. The quantitative estimate of drug-likeness (QED) is 0.717. The minimum absolute atomic E-state index is 0.319. The second kappa shape index (κ2) is 5.25. The fourth-order valence-electron chi connectivity index (χ4n) is 0.996. The van der Waals surface area contributed by atoms with Crippen LogP contribution in [0.25, 0.3) is 0 Å². The van der Waals surface area contributed by atoms with Gasteiger partial charge in [-0.2, -0.15) is 0 Å². The van der Waals surface area contributed by atoms with Crippen molar-refractivity contribution >= 4 is 0 Å². The SMILES string of the molecule is CNCC#Cc1ccc(F)cc1OC. The Balaban J connectivity index is 2.92. The molecule has 0 radical (unpaired) electrons. The average molecular weight is 193 g/mol. The van der Waals surface area contributed by atoms with Gasteiger partial charge in [0.25, 0.3) is 0 Å². The Bertz CT molecular complexity index is 365. The lowest BCUT2D eigenvalue weighted by Gasteiger charge is -2.02. The van der Waals surface area contributed by atoms with Crippen LogP contribution in [-0.4, -0.2) is 20.7 Å². The Morgan fingerprint density at radius 3 is 2.93 bits per heavy atom. The molecular weight excluding hydrogens is 181 g/mol. The highest BCUT2D eigenvalue weighted by molar-refractivity contribution is 5.46. The van der Waals surface area contributed by atoms with Gasteiger partial charge in [0.2, 0.25) is 0 Å². The van der Waals surface area contributed by atoms with Crippen LogP contribution in [0, 0.1) is 17.7 Å². The summed E-state index contributed by atoms with van der Waals surface area (Å²) in [7, 11) is 3.31. The Kier molecular flexibility index (Phi) is 3.96. The third kappa shape index (κ3) is 2.75. The van der Waals surface area contributed by atoms with Gasteiger partial charge in [0, 0.05) is 6.07 Å². The summed E-state index contributed by atoms with van der Waals surface area (Å²) in [6.45, 7) is 0.598. The van der Waals surface area contributed by atoms with Crippen molar-refractivity contribution in [1.29, 1.82) is 0 Å². The van der Waals surface area contributed by atoms with Gasteiger partial charge in [0.05, 0.1) is 19.2 Å². The van der Waals surface area contributed by atoms with Gasteiger partial charge in [0.1, 0.15) is 11.6 Å². The molecule has 0 aliphatic heterocycles. The highest BCUT2D eigenvalue weighted by Gasteiger charge is 2.00. The van der Waals surface area contributed by atoms with Crippen molar-refractivity contribution < 1.29 is 9.13 Å². The predicted octanol–water partition coefficient (Wildman–Crippen LogP) is 1.41. The van der Waals surface area contributed by atoms with Crippen molar-refractivity contribution in [3.8, 4) is 17.6 Å². The van der Waals surface area contributed by atoms with Crippen LogP contribution >= 0.6 is 0 Å². The number of methoxy groups -OCH3 is 1. The van der Waals surface area contributed by atoms with Crippen LogP contribution in [0.1, 0.15) is 5.56 Å². The van der Waals surface area contributed by atoms with Crippen LogP contribution in [-0.2, 0) is 0 Å². The summed E-state index contributed by atoms with van der Waals surface area (Å²) in [4.78, 5) is 0. The molecule has 1 aromatic carbocycles. The average Bonchev–Trinajstić information content (AvgIpc) is 2.20. The Hall–Kier alpha value is -1.53. The van der Waals surface area contributed by atoms with Crippen molar-refractivity contribution in [1.82, 2.24) is 5.32 Å². The molecule has 0 heterocycles. The summed E-state index contributed by atoms with van der Waals surface area (Å²) >= 11 is 0. The predicted molar refractivity (Wildman–Crippen MR) is 53.8 cm³/mol. The van der Waals surface area contributed by atoms with Gasteiger partial charge in [-0.05, 0) is 19.2 Å². The van der Waals surface area contributed by atoms with Crippen LogP contribution in [0.15, 0.2) is 18.2 Å². The van der Waals surface area contributed by atoms with Gasteiger partial charge < -0.3 is 10.1 Å². The van der Waals surface area contributed by atoms with E-state index < -0.39 is 0 Å². The molecule has 0 saturated carbocycles. The molecule has 0 saturated heterocycles. The summed E-state index contributed by atoms with van der Waals surface area (Å²) in [6, 6.07) is 4.30. The van der Waals surface area contributed by atoms with Crippen molar-refractivity contribution in [2.24, 2.45) is 0 Å². The monoisotopic (exact) mass is 193 g/mol. The topological polar surface area (TPSA) is 21.3 Å². The molecule has 0 atom stereocenters. The summed E-state index contributed by atoms with van der Waals surface area (Å²) in [5.74, 6) is 5.92. The number of halogens is 1. The molecule has 0 amide bonds. The van der Waals surface area contributed by atoms with Crippen LogP contribution in [0.5, 0.6) is 5.75 Å². The minimum atomic E-state index is -0.319. The van der Waals surface area contributed by atoms with Crippen molar-refractivity contribution in [3.05, 3.63) is 29.6 Å². The number of hydrogen-bond donors (Lipinski definition) is 1. The fraction of sp³-hybridized carbons (Fsp3) is 0.273. The molecule has 0 bridgehead atoms. The third-order valence-corrected chi connectivity index (χ3v) is 1.65. The van der Waals surface area contributed by atoms with E-state index in [2.05, 4.69) is 17.2 Å². The van der Waals surface area contributed by atoms with Crippen molar-refractivity contribution in [2.45, 2.75) is 0 Å². The zero-order valence-corrected chi connectivity index (χ0v) is 8.23. The van der Waals surface area contributed by atoms with E-state index in [1.807, 2.05) is 7.05 Å². The number of nitrogens with one attached hydrogen (secondary N) is 1. The summed E-state index contributed by atoms with van der Waals surface area (Å²) < 4.78 is 17.8. The zero-order chi connectivity index (χ0) is 10.4. The molecule has 1 rings (SSSR count). The minimum Gasteiger partial charge on any atom is -0.495 e. The van der Waals surface area contributed by atoms with E-state index >= 15 is 0 Å². The number of ether oxygens (including phenoxy) is 1.